The summed E-state index contributed by atoms with van der Waals surface area (Å²) in [6.07, 6.45) is 10.1. The summed E-state index contributed by atoms with van der Waals surface area (Å²) >= 11 is 0. The van der Waals surface area contributed by atoms with Crippen LogP contribution in [0.1, 0.15) is 25.7 Å². The van der Waals surface area contributed by atoms with Crippen molar-refractivity contribution >= 4 is 0 Å². The molecule has 0 aromatic carbocycles. The van der Waals surface area contributed by atoms with Gasteiger partial charge in [0, 0.05) is 12.4 Å². The Bertz CT molecular complexity index is 237. The van der Waals surface area contributed by atoms with E-state index in [1.165, 1.54) is 12.8 Å². The second kappa shape index (κ2) is 2.90. The molecule has 1 N–H and O–H groups in total. The van der Waals surface area contributed by atoms with Crippen molar-refractivity contribution in [1.82, 2.24) is 9.55 Å². The molecule has 12 heavy (non-hydrogen) atoms. The third-order valence-electron chi connectivity index (χ3n) is 2.88. The minimum atomic E-state index is -0.0312. The van der Waals surface area contributed by atoms with E-state index < -0.39 is 0 Å². The van der Waals surface area contributed by atoms with Crippen molar-refractivity contribution < 1.29 is 5.11 Å². The second-order valence-electron chi connectivity index (χ2n) is 3.56. The van der Waals surface area contributed by atoms with E-state index in [1.54, 1.807) is 6.20 Å². The maximum absolute atomic E-state index is 9.34. The molecule has 0 atom stereocenters. The van der Waals surface area contributed by atoms with Gasteiger partial charge in [0.25, 0.3) is 0 Å². The molecule has 1 fully saturated rings. The normalized spacial score (nSPS) is 21.4. The molecule has 0 bridgehead atoms. The van der Waals surface area contributed by atoms with Gasteiger partial charge in [-0.15, -0.1) is 0 Å². The number of nitrogens with zero attached hydrogens (tertiary/aromatic N) is 2. The summed E-state index contributed by atoms with van der Waals surface area (Å²) in [5.41, 5.74) is -0.0312. The molecular weight excluding hydrogens is 152 g/mol. The first-order chi connectivity index (χ1) is 5.87. The van der Waals surface area contributed by atoms with Crippen LogP contribution in [0.2, 0.25) is 0 Å². The first kappa shape index (κ1) is 7.80. The van der Waals surface area contributed by atoms with Crippen molar-refractivity contribution in [3.8, 4) is 0 Å². The van der Waals surface area contributed by atoms with Crippen LogP contribution >= 0.6 is 0 Å². The molecule has 3 heteroatoms. The van der Waals surface area contributed by atoms with Crippen molar-refractivity contribution in [2.24, 2.45) is 0 Å². The molecule has 1 saturated carbocycles. The maximum Gasteiger partial charge on any atom is 0.0951 e. The van der Waals surface area contributed by atoms with Gasteiger partial charge in [0.2, 0.25) is 0 Å². The standard InChI is InChI=1S/C9H14N2O/c12-7-9(3-1-2-4-9)11-6-5-10-8-11/h5-6,8,12H,1-4,7H2. The van der Waals surface area contributed by atoms with Gasteiger partial charge in [-0.05, 0) is 12.8 Å². The van der Waals surface area contributed by atoms with Crippen molar-refractivity contribution in [3.63, 3.8) is 0 Å². The number of hydrogen-bond donors (Lipinski definition) is 1. The monoisotopic (exact) mass is 166 g/mol. The molecule has 1 aromatic heterocycles. The molecule has 0 radical (unpaired) electrons. The molecular formula is C9H14N2O. The molecule has 2 rings (SSSR count). The Morgan fingerprint density at radius 3 is 2.67 bits per heavy atom. The average Bonchev–Trinajstić information content (AvgIpc) is 2.76. The Labute approximate surface area is 72.0 Å². The first-order valence-corrected chi connectivity index (χ1v) is 4.47. The zero-order chi connectivity index (χ0) is 8.44. The van der Waals surface area contributed by atoms with Crippen LogP contribution in [0, 0.1) is 0 Å². The summed E-state index contributed by atoms with van der Waals surface area (Å²) in [6.45, 7) is 0.239. The van der Waals surface area contributed by atoms with E-state index in [9.17, 15) is 5.11 Å². The van der Waals surface area contributed by atoms with E-state index in [-0.39, 0.29) is 12.1 Å². The molecule has 0 spiro atoms. The number of aromatic nitrogens is 2. The van der Waals surface area contributed by atoms with Gasteiger partial charge >= 0.3 is 0 Å². The lowest BCUT2D eigenvalue weighted by Crippen LogP contribution is -2.33. The highest BCUT2D eigenvalue weighted by atomic mass is 16.3. The zero-order valence-corrected chi connectivity index (χ0v) is 7.11. The van der Waals surface area contributed by atoms with E-state index in [0.29, 0.717) is 0 Å². The SMILES string of the molecule is OCC1(n2ccnc2)CCCC1. The number of imidazole rings is 1. The second-order valence-corrected chi connectivity index (χ2v) is 3.56. The van der Waals surface area contributed by atoms with Crippen molar-refractivity contribution in [2.75, 3.05) is 6.61 Å². The van der Waals surface area contributed by atoms with Crippen LogP contribution in [0.5, 0.6) is 0 Å². The zero-order valence-electron chi connectivity index (χ0n) is 7.11. The van der Waals surface area contributed by atoms with Crippen LogP contribution in [0.15, 0.2) is 18.7 Å². The van der Waals surface area contributed by atoms with Gasteiger partial charge in [-0.2, -0.15) is 0 Å². The van der Waals surface area contributed by atoms with Crippen LogP contribution in [0.3, 0.4) is 0 Å². The van der Waals surface area contributed by atoms with Crippen molar-refractivity contribution in [3.05, 3.63) is 18.7 Å². The topological polar surface area (TPSA) is 38.0 Å². The van der Waals surface area contributed by atoms with Crippen LogP contribution in [0.4, 0.5) is 0 Å². The van der Waals surface area contributed by atoms with Gasteiger partial charge in [0.1, 0.15) is 0 Å². The van der Waals surface area contributed by atoms with Crippen LogP contribution in [-0.4, -0.2) is 21.3 Å². The molecule has 3 nitrogen and oxygen atoms in total. The van der Waals surface area contributed by atoms with E-state index in [2.05, 4.69) is 9.55 Å². The minimum absolute atomic E-state index is 0.0312. The third kappa shape index (κ3) is 1.05. The molecule has 0 amide bonds. The van der Waals surface area contributed by atoms with E-state index in [4.69, 9.17) is 0 Å². The van der Waals surface area contributed by atoms with Gasteiger partial charge in [-0.25, -0.2) is 4.98 Å². The fourth-order valence-electron chi connectivity index (χ4n) is 2.07. The van der Waals surface area contributed by atoms with Gasteiger partial charge in [0.15, 0.2) is 0 Å². The first-order valence-electron chi connectivity index (χ1n) is 4.47. The van der Waals surface area contributed by atoms with Crippen LogP contribution in [0.25, 0.3) is 0 Å². The minimum Gasteiger partial charge on any atom is -0.394 e. The highest BCUT2D eigenvalue weighted by Crippen LogP contribution is 2.35. The fraction of sp³-hybridized carbons (Fsp3) is 0.667. The summed E-state index contributed by atoms with van der Waals surface area (Å²) in [4.78, 5) is 4.01. The smallest absolute Gasteiger partial charge is 0.0951 e. The van der Waals surface area contributed by atoms with Crippen molar-refractivity contribution in [2.45, 2.75) is 31.2 Å². The van der Waals surface area contributed by atoms with Gasteiger partial charge < -0.3 is 9.67 Å². The Morgan fingerprint density at radius 2 is 2.17 bits per heavy atom. The average molecular weight is 166 g/mol. The predicted molar refractivity (Wildman–Crippen MR) is 45.8 cm³/mol. The maximum atomic E-state index is 9.34. The summed E-state index contributed by atoms with van der Waals surface area (Å²) in [5, 5.41) is 9.34. The fourth-order valence-corrected chi connectivity index (χ4v) is 2.07. The highest BCUT2D eigenvalue weighted by Gasteiger charge is 2.34. The third-order valence-corrected chi connectivity index (χ3v) is 2.88. The molecule has 0 unspecified atom stereocenters. The van der Waals surface area contributed by atoms with Gasteiger partial charge in [0.05, 0.1) is 18.5 Å². The lowest BCUT2D eigenvalue weighted by molar-refractivity contribution is 0.136. The lowest BCUT2D eigenvalue weighted by atomic mass is 9.99. The molecule has 1 aliphatic carbocycles. The largest absolute Gasteiger partial charge is 0.394 e. The summed E-state index contributed by atoms with van der Waals surface area (Å²) in [7, 11) is 0. The van der Waals surface area contributed by atoms with E-state index in [0.717, 1.165) is 12.8 Å². The van der Waals surface area contributed by atoms with Crippen molar-refractivity contribution in [1.29, 1.82) is 0 Å². The Morgan fingerprint density at radius 1 is 1.42 bits per heavy atom. The molecule has 0 aliphatic heterocycles. The number of aliphatic hydroxyl groups is 1. The van der Waals surface area contributed by atoms with Gasteiger partial charge in [-0.3, -0.25) is 0 Å². The molecule has 0 saturated heterocycles. The molecule has 1 heterocycles. The number of rotatable bonds is 2. The summed E-state index contributed by atoms with van der Waals surface area (Å²) in [6, 6.07) is 0. The van der Waals surface area contributed by atoms with E-state index in [1.807, 2.05) is 12.5 Å². The Hall–Kier alpha value is -0.830. The summed E-state index contributed by atoms with van der Waals surface area (Å²) in [5.74, 6) is 0. The molecule has 1 aromatic rings. The van der Waals surface area contributed by atoms with Crippen LogP contribution < -0.4 is 0 Å². The lowest BCUT2D eigenvalue weighted by Gasteiger charge is -2.27. The number of hydrogen-bond acceptors (Lipinski definition) is 2. The quantitative estimate of drug-likeness (QED) is 0.715. The summed E-state index contributed by atoms with van der Waals surface area (Å²) < 4.78 is 2.06. The predicted octanol–water partition coefficient (Wildman–Crippen LogP) is 1.14. The Kier molecular flexibility index (Phi) is 1.89. The van der Waals surface area contributed by atoms with E-state index >= 15 is 0 Å². The van der Waals surface area contributed by atoms with Gasteiger partial charge in [-0.1, -0.05) is 12.8 Å². The van der Waals surface area contributed by atoms with Crippen LogP contribution in [-0.2, 0) is 5.54 Å². The molecule has 66 valence electrons. The Balaban J connectivity index is 2.28. The molecule has 1 aliphatic rings. The number of aliphatic hydroxyl groups excluding tert-OH is 1. The highest BCUT2D eigenvalue weighted by molar-refractivity contribution is 4.94.